The second-order valence-corrected chi connectivity index (χ2v) is 4.62. The van der Waals surface area contributed by atoms with E-state index in [1.807, 2.05) is 0 Å². The number of ether oxygens (including phenoxy) is 2. The second kappa shape index (κ2) is 7.29. The maximum Gasteiger partial charge on any atom is 0.344 e. The van der Waals surface area contributed by atoms with Crippen molar-refractivity contribution in [3.63, 3.8) is 0 Å². The third-order valence-electron chi connectivity index (χ3n) is 2.00. The first-order valence-electron chi connectivity index (χ1n) is 5.02. The summed E-state index contributed by atoms with van der Waals surface area (Å²) in [6.45, 7) is 1.72. The molecule has 0 fully saturated rings. The molecule has 0 aliphatic heterocycles. The van der Waals surface area contributed by atoms with Crippen LogP contribution in [0.3, 0.4) is 0 Å². The third kappa shape index (κ3) is 3.82. The summed E-state index contributed by atoms with van der Waals surface area (Å²) < 4.78 is 9.91. The van der Waals surface area contributed by atoms with E-state index in [1.54, 1.807) is 6.92 Å². The van der Waals surface area contributed by atoms with E-state index in [0.29, 0.717) is 10.6 Å². The average Bonchev–Trinajstić information content (AvgIpc) is 2.33. The summed E-state index contributed by atoms with van der Waals surface area (Å²) >= 11 is 23.6. The van der Waals surface area contributed by atoms with Gasteiger partial charge in [0, 0.05) is 11.6 Å². The molecule has 0 aliphatic rings. The van der Waals surface area contributed by atoms with Crippen molar-refractivity contribution in [1.82, 2.24) is 0 Å². The number of esters is 1. The minimum atomic E-state index is -0.498. The molecule has 0 unspecified atom stereocenters. The lowest BCUT2D eigenvalue weighted by Crippen LogP contribution is -2.14. The minimum Gasteiger partial charge on any atom is -0.480 e. The van der Waals surface area contributed by atoms with E-state index in [9.17, 15) is 4.79 Å². The number of hydrogen-bond acceptors (Lipinski definition) is 3. The maximum atomic E-state index is 11.1. The fourth-order valence-electron chi connectivity index (χ4n) is 1.18. The Morgan fingerprint density at radius 3 is 2.50 bits per heavy atom. The van der Waals surface area contributed by atoms with Crippen LogP contribution in [0.25, 0.3) is 0 Å². The number of alkyl halides is 1. The summed E-state index contributed by atoms with van der Waals surface area (Å²) in [5.74, 6) is -0.147. The normalized spacial score (nSPS) is 10.3. The molecule has 0 saturated heterocycles. The van der Waals surface area contributed by atoms with E-state index in [4.69, 9.17) is 55.9 Å². The van der Waals surface area contributed by atoms with Gasteiger partial charge in [-0.25, -0.2) is 4.79 Å². The van der Waals surface area contributed by atoms with E-state index < -0.39 is 5.97 Å². The predicted octanol–water partition coefficient (Wildman–Crippen LogP) is 4.33. The molecule has 1 aromatic rings. The Morgan fingerprint density at radius 2 is 1.94 bits per heavy atom. The topological polar surface area (TPSA) is 35.5 Å². The molecule has 1 aromatic carbocycles. The lowest BCUT2D eigenvalue weighted by Gasteiger charge is -2.12. The van der Waals surface area contributed by atoms with Crippen molar-refractivity contribution in [2.45, 2.75) is 12.8 Å². The predicted molar refractivity (Wildman–Crippen MR) is 73.2 cm³/mol. The highest BCUT2D eigenvalue weighted by atomic mass is 35.5. The Bertz CT molecular complexity index is 448. The highest BCUT2D eigenvalue weighted by Gasteiger charge is 2.16. The van der Waals surface area contributed by atoms with Gasteiger partial charge >= 0.3 is 5.97 Å². The lowest BCUT2D eigenvalue weighted by molar-refractivity contribution is -0.145. The van der Waals surface area contributed by atoms with Crippen LogP contribution in [0.2, 0.25) is 15.1 Å². The Labute approximate surface area is 125 Å². The number of halogens is 4. The molecule has 0 radical (unpaired) electrons. The fourth-order valence-corrected chi connectivity index (χ4v) is 2.39. The molecule has 0 saturated carbocycles. The number of rotatable bonds is 5. The molecule has 0 heterocycles. The smallest absolute Gasteiger partial charge is 0.344 e. The quantitative estimate of drug-likeness (QED) is 0.457. The van der Waals surface area contributed by atoms with Crippen molar-refractivity contribution in [2.75, 3.05) is 13.2 Å². The van der Waals surface area contributed by atoms with Gasteiger partial charge in [0.05, 0.1) is 22.5 Å². The van der Waals surface area contributed by atoms with Crippen LogP contribution in [0, 0.1) is 0 Å². The molecule has 0 spiro atoms. The number of carbonyl (C=O) groups excluding carboxylic acids is 1. The third-order valence-corrected chi connectivity index (χ3v) is 3.50. The number of carbonyl (C=O) groups is 1. The number of benzene rings is 1. The van der Waals surface area contributed by atoms with Gasteiger partial charge in [-0.1, -0.05) is 34.8 Å². The SMILES string of the molecule is CCOC(=O)COc1cc(Cl)c(CCl)c(Cl)c1Cl. The molecule has 0 N–H and O–H groups in total. The van der Waals surface area contributed by atoms with Crippen molar-refractivity contribution in [2.24, 2.45) is 0 Å². The standard InChI is InChI=1S/C11H10Cl4O3/c1-2-17-9(16)5-18-8-3-7(13)6(4-12)10(14)11(8)15/h3H,2,4-5H2,1H3. The molecule has 1 rings (SSSR count). The second-order valence-electron chi connectivity index (χ2n) is 3.19. The lowest BCUT2D eigenvalue weighted by atomic mass is 10.2. The molecule has 0 amide bonds. The maximum absolute atomic E-state index is 11.1. The van der Waals surface area contributed by atoms with Crippen molar-refractivity contribution >= 4 is 52.4 Å². The molecule has 100 valence electrons. The van der Waals surface area contributed by atoms with E-state index in [2.05, 4.69) is 0 Å². The first-order chi connectivity index (χ1) is 8.51. The molecule has 3 nitrogen and oxygen atoms in total. The van der Waals surface area contributed by atoms with Gasteiger partial charge in [-0.05, 0) is 6.92 Å². The van der Waals surface area contributed by atoms with Crippen LogP contribution in [0.15, 0.2) is 6.07 Å². The van der Waals surface area contributed by atoms with Crippen LogP contribution in [-0.2, 0) is 15.4 Å². The monoisotopic (exact) mass is 330 g/mol. The summed E-state index contributed by atoms with van der Waals surface area (Å²) in [7, 11) is 0. The first-order valence-corrected chi connectivity index (χ1v) is 6.68. The van der Waals surface area contributed by atoms with Gasteiger partial charge in [0.2, 0.25) is 0 Å². The van der Waals surface area contributed by atoms with Gasteiger partial charge in [-0.2, -0.15) is 0 Å². The van der Waals surface area contributed by atoms with E-state index in [-0.39, 0.29) is 34.9 Å². The van der Waals surface area contributed by atoms with Gasteiger partial charge < -0.3 is 9.47 Å². The zero-order valence-corrected chi connectivity index (χ0v) is 12.5. The van der Waals surface area contributed by atoms with Crippen LogP contribution >= 0.6 is 46.4 Å². The average molecular weight is 332 g/mol. The van der Waals surface area contributed by atoms with E-state index in [1.165, 1.54) is 6.07 Å². The molecule has 7 heteroatoms. The Hall–Kier alpha value is -0.350. The number of hydrogen-bond donors (Lipinski definition) is 0. The molecule has 18 heavy (non-hydrogen) atoms. The van der Waals surface area contributed by atoms with Crippen molar-refractivity contribution < 1.29 is 14.3 Å². The van der Waals surface area contributed by atoms with Gasteiger partial charge in [-0.15, -0.1) is 11.6 Å². The highest BCUT2D eigenvalue weighted by Crippen LogP contribution is 2.39. The van der Waals surface area contributed by atoms with Gasteiger partial charge in [0.15, 0.2) is 6.61 Å². The summed E-state index contributed by atoms with van der Waals surface area (Å²) in [6, 6.07) is 1.46. The van der Waals surface area contributed by atoms with E-state index in [0.717, 1.165) is 0 Å². The summed E-state index contributed by atoms with van der Waals surface area (Å²) in [5.41, 5.74) is 0.522. The van der Waals surface area contributed by atoms with Gasteiger partial charge in [0.1, 0.15) is 10.8 Å². The van der Waals surface area contributed by atoms with E-state index >= 15 is 0 Å². The Balaban J connectivity index is 2.88. The minimum absolute atomic E-state index is 0.134. The Morgan fingerprint density at radius 1 is 1.28 bits per heavy atom. The van der Waals surface area contributed by atoms with Crippen LogP contribution < -0.4 is 4.74 Å². The molecular weight excluding hydrogens is 322 g/mol. The van der Waals surface area contributed by atoms with Crippen LogP contribution in [0.4, 0.5) is 0 Å². The summed E-state index contributed by atoms with van der Waals surface area (Å²) in [6.07, 6.45) is 0. The van der Waals surface area contributed by atoms with Crippen LogP contribution in [0.1, 0.15) is 12.5 Å². The zero-order chi connectivity index (χ0) is 13.7. The first kappa shape index (κ1) is 15.7. The largest absolute Gasteiger partial charge is 0.480 e. The van der Waals surface area contributed by atoms with Gasteiger partial charge in [-0.3, -0.25) is 0 Å². The van der Waals surface area contributed by atoms with Crippen molar-refractivity contribution in [3.8, 4) is 5.75 Å². The zero-order valence-electron chi connectivity index (χ0n) is 9.44. The molecular formula is C11H10Cl4O3. The molecule has 0 aromatic heterocycles. The highest BCUT2D eigenvalue weighted by molar-refractivity contribution is 6.45. The summed E-state index contributed by atoms with van der Waals surface area (Å²) in [4.78, 5) is 11.1. The van der Waals surface area contributed by atoms with Crippen LogP contribution in [-0.4, -0.2) is 19.2 Å². The van der Waals surface area contributed by atoms with Crippen molar-refractivity contribution in [3.05, 3.63) is 26.7 Å². The van der Waals surface area contributed by atoms with Crippen LogP contribution in [0.5, 0.6) is 5.75 Å². The van der Waals surface area contributed by atoms with Gasteiger partial charge in [0.25, 0.3) is 0 Å². The summed E-state index contributed by atoms with van der Waals surface area (Å²) in [5, 5.41) is 0.720. The Kier molecular flexibility index (Phi) is 6.36. The molecule has 0 atom stereocenters. The molecule has 0 aliphatic carbocycles. The molecule has 0 bridgehead atoms. The fraction of sp³-hybridized carbons (Fsp3) is 0.364. The van der Waals surface area contributed by atoms with Crippen molar-refractivity contribution in [1.29, 1.82) is 0 Å².